The fourth-order valence-corrected chi connectivity index (χ4v) is 3.24. The lowest BCUT2D eigenvalue weighted by Gasteiger charge is -2.25. The third kappa shape index (κ3) is 4.07. The number of rotatable bonds is 6. The molecule has 1 aliphatic rings. The Morgan fingerprint density at radius 2 is 1.87 bits per heavy atom. The average molecular weight is 312 g/mol. The van der Waals surface area contributed by atoms with Gasteiger partial charge in [0.05, 0.1) is 5.56 Å². The summed E-state index contributed by atoms with van der Waals surface area (Å²) >= 11 is 0. The van der Waals surface area contributed by atoms with Crippen molar-refractivity contribution in [1.82, 2.24) is 0 Å². The zero-order valence-corrected chi connectivity index (χ0v) is 14.5. The largest absolute Gasteiger partial charge is 0.507 e. The number of hydrogen-bond acceptors (Lipinski definition) is 2. The van der Waals surface area contributed by atoms with Crippen molar-refractivity contribution in [2.75, 3.05) is 0 Å². The molecule has 0 saturated heterocycles. The Bertz CT molecular complexity index is 627. The molecule has 0 fully saturated rings. The van der Waals surface area contributed by atoms with Crippen molar-refractivity contribution in [3.05, 3.63) is 53.1 Å². The van der Waals surface area contributed by atoms with E-state index in [1.54, 1.807) is 12.1 Å². The van der Waals surface area contributed by atoms with Crippen LogP contribution in [0.25, 0.3) is 5.57 Å². The molecule has 0 saturated carbocycles. The number of phenolic OH excluding ortho intramolecular Hbond substituents is 2. The molecule has 0 unspecified atom stereocenters. The second kappa shape index (κ2) is 7.54. The highest BCUT2D eigenvalue weighted by Crippen LogP contribution is 2.44. The number of hydrogen-bond donors (Lipinski definition) is 2. The zero-order valence-electron chi connectivity index (χ0n) is 14.5. The van der Waals surface area contributed by atoms with E-state index in [0.717, 1.165) is 54.4 Å². The van der Waals surface area contributed by atoms with E-state index < -0.39 is 0 Å². The van der Waals surface area contributed by atoms with Gasteiger partial charge in [0.25, 0.3) is 0 Å². The van der Waals surface area contributed by atoms with Gasteiger partial charge in [0.15, 0.2) is 0 Å². The van der Waals surface area contributed by atoms with E-state index in [2.05, 4.69) is 19.6 Å². The highest BCUT2D eigenvalue weighted by atomic mass is 16.3. The van der Waals surface area contributed by atoms with Gasteiger partial charge >= 0.3 is 0 Å². The van der Waals surface area contributed by atoms with Crippen molar-refractivity contribution in [1.29, 1.82) is 0 Å². The summed E-state index contributed by atoms with van der Waals surface area (Å²) in [6.45, 7) is 10.3. The van der Waals surface area contributed by atoms with Crippen LogP contribution in [0, 0.1) is 5.92 Å². The number of phenols is 2. The molecule has 124 valence electrons. The van der Waals surface area contributed by atoms with Gasteiger partial charge in [-0.05, 0) is 56.4 Å². The van der Waals surface area contributed by atoms with Crippen LogP contribution in [0.5, 0.6) is 11.5 Å². The maximum absolute atomic E-state index is 10.5. The summed E-state index contributed by atoms with van der Waals surface area (Å²) in [7, 11) is 0. The first-order chi connectivity index (χ1) is 10.9. The molecule has 1 aromatic carbocycles. The fourth-order valence-electron chi connectivity index (χ4n) is 3.24. The van der Waals surface area contributed by atoms with Crippen molar-refractivity contribution in [3.8, 4) is 11.5 Å². The van der Waals surface area contributed by atoms with E-state index in [4.69, 9.17) is 0 Å². The van der Waals surface area contributed by atoms with Gasteiger partial charge in [0.1, 0.15) is 11.5 Å². The van der Waals surface area contributed by atoms with Gasteiger partial charge in [0.2, 0.25) is 0 Å². The molecule has 2 heteroatoms. The van der Waals surface area contributed by atoms with Gasteiger partial charge in [-0.15, -0.1) is 0 Å². The van der Waals surface area contributed by atoms with Gasteiger partial charge in [-0.3, -0.25) is 0 Å². The Hall–Kier alpha value is -1.96. The number of aryl methyl sites for hydroxylation is 1. The summed E-state index contributed by atoms with van der Waals surface area (Å²) in [6.07, 6.45) is 9.38. The summed E-state index contributed by atoms with van der Waals surface area (Å²) in [4.78, 5) is 0. The SMILES string of the molecule is C=C(C)[C@H]1CC=C(C)C=C1c1c(O)cc(CCCCC)cc1O. The molecule has 0 aliphatic heterocycles. The highest BCUT2D eigenvalue weighted by Gasteiger charge is 2.24. The van der Waals surface area contributed by atoms with Crippen LogP contribution in [0.15, 0.2) is 42.0 Å². The predicted molar refractivity (Wildman–Crippen MR) is 97.7 cm³/mol. The van der Waals surface area contributed by atoms with E-state index >= 15 is 0 Å². The number of benzene rings is 1. The van der Waals surface area contributed by atoms with E-state index in [-0.39, 0.29) is 17.4 Å². The van der Waals surface area contributed by atoms with Crippen LogP contribution in [0.3, 0.4) is 0 Å². The third-order valence-corrected chi connectivity index (χ3v) is 4.54. The van der Waals surface area contributed by atoms with E-state index in [1.807, 2.05) is 19.9 Å². The molecule has 0 heterocycles. The molecule has 0 radical (unpaired) electrons. The zero-order chi connectivity index (χ0) is 17.0. The molecule has 1 aliphatic carbocycles. The molecule has 2 nitrogen and oxygen atoms in total. The fraction of sp³-hybridized carbons (Fsp3) is 0.429. The molecule has 23 heavy (non-hydrogen) atoms. The number of unbranched alkanes of at least 4 members (excludes halogenated alkanes) is 2. The molecular formula is C21H28O2. The van der Waals surface area contributed by atoms with Gasteiger partial charge < -0.3 is 10.2 Å². The highest BCUT2D eigenvalue weighted by molar-refractivity contribution is 5.80. The van der Waals surface area contributed by atoms with Gasteiger partial charge in [-0.2, -0.15) is 0 Å². The summed E-state index contributed by atoms with van der Waals surface area (Å²) in [5, 5.41) is 21.0. The van der Waals surface area contributed by atoms with Crippen LogP contribution in [-0.2, 0) is 6.42 Å². The Morgan fingerprint density at radius 3 is 2.43 bits per heavy atom. The first kappa shape index (κ1) is 17.4. The van der Waals surface area contributed by atoms with Crippen molar-refractivity contribution in [2.24, 2.45) is 5.92 Å². The van der Waals surface area contributed by atoms with E-state index in [1.165, 1.54) is 0 Å². The summed E-state index contributed by atoms with van der Waals surface area (Å²) in [5.41, 5.74) is 4.72. The van der Waals surface area contributed by atoms with Crippen molar-refractivity contribution >= 4 is 5.57 Å². The van der Waals surface area contributed by atoms with Crippen LogP contribution in [0.2, 0.25) is 0 Å². The predicted octanol–water partition coefficient (Wildman–Crippen LogP) is 5.76. The van der Waals surface area contributed by atoms with Crippen LogP contribution >= 0.6 is 0 Å². The summed E-state index contributed by atoms with van der Waals surface area (Å²) in [6, 6.07) is 3.60. The second-order valence-electron chi connectivity index (χ2n) is 6.65. The lowest BCUT2D eigenvalue weighted by atomic mass is 9.80. The lowest BCUT2D eigenvalue weighted by molar-refractivity contribution is 0.444. The Kier molecular flexibility index (Phi) is 5.70. The van der Waals surface area contributed by atoms with Gasteiger partial charge in [0, 0.05) is 5.92 Å². The van der Waals surface area contributed by atoms with Crippen LogP contribution in [0.4, 0.5) is 0 Å². The normalized spacial score (nSPS) is 17.6. The van der Waals surface area contributed by atoms with E-state index in [9.17, 15) is 10.2 Å². The molecule has 0 amide bonds. The van der Waals surface area contributed by atoms with Gasteiger partial charge in [-0.25, -0.2) is 0 Å². The summed E-state index contributed by atoms with van der Waals surface area (Å²) in [5.74, 6) is 0.480. The van der Waals surface area contributed by atoms with Crippen LogP contribution in [-0.4, -0.2) is 10.2 Å². The monoisotopic (exact) mass is 312 g/mol. The first-order valence-electron chi connectivity index (χ1n) is 8.53. The van der Waals surface area contributed by atoms with Crippen molar-refractivity contribution < 1.29 is 10.2 Å². The van der Waals surface area contributed by atoms with E-state index in [0.29, 0.717) is 5.56 Å². The van der Waals surface area contributed by atoms with Crippen LogP contribution in [0.1, 0.15) is 57.6 Å². The quantitative estimate of drug-likeness (QED) is 0.518. The topological polar surface area (TPSA) is 40.5 Å². The Morgan fingerprint density at radius 1 is 1.22 bits per heavy atom. The summed E-state index contributed by atoms with van der Waals surface area (Å²) < 4.78 is 0. The van der Waals surface area contributed by atoms with Crippen molar-refractivity contribution in [2.45, 2.75) is 52.9 Å². The molecule has 1 aromatic rings. The Balaban J connectivity index is 2.38. The first-order valence-corrected chi connectivity index (χ1v) is 8.53. The minimum atomic E-state index is 0.140. The molecule has 0 aromatic heterocycles. The lowest BCUT2D eigenvalue weighted by Crippen LogP contribution is -2.08. The second-order valence-corrected chi connectivity index (χ2v) is 6.65. The molecule has 0 bridgehead atoms. The maximum Gasteiger partial charge on any atom is 0.127 e. The van der Waals surface area contributed by atoms with Crippen LogP contribution < -0.4 is 0 Å². The third-order valence-electron chi connectivity index (χ3n) is 4.54. The van der Waals surface area contributed by atoms with Crippen molar-refractivity contribution in [3.63, 3.8) is 0 Å². The minimum Gasteiger partial charge on any atom is -0.507 e. The molecular weight excluding hydrogens is 284 g/mol. The minimum absolute atomic E-state index is 0.140. The smallest absolute Gasteiger partial charge is 0.127 e. The molecule has 0 spiro atoms. The number of allylic oxidation sites excluding steroid dienone is 5. The average Bonchev–Trinajstić information content (AvgIpc) is 2.46. The number of aromatic hydroxyl groups is 2. The Labute approximate surface area is 139 Å². The standard InChI is InChI=1S/C21H28O2/c1-5-6-7-8-16-12-19(22)21(20(23)13-16)18-11-15(4)9-10-17(18)14(2)3/h9,11-13,17,22-23H,2,5-8,10H2,1,3-4H3/t17-/m1/s1. The molecule has 2 N–H and O–H groups in total. The molecule has 1 atom stereocenters. The van der Waals surface area contributed by atoms with Gasteiger partial charge in [-0.1, -0.05) is 49.6 Å². The molecule has 2 rings (SSSR count). The maximum atomic E-state index is 10.5.